The molecule has 2 aliphatic heterocycles. The van der Waals surface area contributed by atoms with Gasteiger partial charge in [-0.25, -0.2) is 0 Å². The minimum absolute atomic E-state index is 0.0475. The molecule has 2 aromatic rings. The van der Waals surface area contributed by atoms with Gasteiger partial charge in [0.05, 0.1) is 17.0 Å². The zero-order chi connectivity index (χ0) is 23.0. The normalized spacial score (nSPS) is 11.6. The summed E-state index contributed by atoms with van der Waals surface area (Å²) in [5.41, 5.74) is 3.25. The highest BCUT2D eigenvalue weighted by molar-refractivity contribution is 5.74. The standard InChI is InChI=1S/C22H16F3N3O4/c1-13-20-16(10-19(26-13)15-3-2-4-17(9-15)28(30)31)12-27(21(20)29)11-14-5-7-18(8-6-14)32-22(23,24)25/h2-10,12,26H,11H2,1H3. The molecule has 0 atom stereocenters. The van der Waals surface area contributed by atoms with E-state index < -0.39 is 11.3 Å². The molecule has 0 bridgehead atoms. The summed E-state index contributed by atoms with van der Waals surface area (Å²) in [5.74, 6) is -0.340. The number of hydrogen-bond acceptors (Lipinski definition) is 4. The number of aromatic amines is 1. The predicted octanol–water partition coefficient (Wildman–Crippen LogP) is 5.11. The van der Waals surface area contributed by atoms with Crippen LogP contribution in [0.15, 0.2) is 65.6 Å². The number of nitro benzene ring substituents is 1. The molecule has 0 unspecified atom stereocenters. The van der Waals surface area contributed by atoms with Gasteiger partial charge >= 0.3 is 6.36 Å². The van der Waals surface area contributed by atoms with Gasteiger partial charge in [-0.1, -0.05) is 24.3 Å². The van der Waals surface area contributed by atoms with Crippen molar-refractivity contribution in [2.45, 2.75) is 19.8 Å². The predicted molar refractivity (Wildman–Crippen MR) is 111 cm³/mol. The number of alkyl halides is 3. The van der Waals surface area contributed by atoms with E-state index in [1.54, 1.807) is 31.3 Å². The molecule has 1 N–H and O–H groups in total. The molecule has 2 aliphatic rings. The van der Waals surface area contributed by atoms with Crippen molar-refractivity contribution in [3.8, 4) is 28.1 Å². The molecule has 2 heterocycles. The van der Waals surface area contributed by atoms with Gasteiger partial charge in [0.15, 0.2) is 0 Å². The lowest BCUT2D eigenvalue weighted by molar-refractivity contribution is -0.384. The Bertz CT molecular complexity index is 1320. The summed E-state index contributed by atoms with van der Waals surface area (Å²) in [6, 6.07) is 13.2. The highest BCUT2D eigenvalue weighted by atomic mass is 19.4. The lowest BCUT2D eigenvalue weighted by Crippen LogP contribution is -2.17. The van der Waals surface area contributed by atoms with Crippen molar-refractivity contribution in [1.29, 1.82) is 0 Å². The summed E-state index contributed by atoms with van der Waals surface area (Å²) in [7, 11) is 0. The average molecular weight is 443 g/mol. The van der Waals surface area contributed by atoms with Crippen LogP contribution in [0.2, 0.25) is 0 Å². The molecule has 0 amide bonds. The fourth-order valence-corrected chi connectivity index (χ4v) is 3.55. The second-order valence-corrected chi connectivity index (χ2v) is 7.20. The van der Waals surface area contributed by atoms with Crippen LogP contribution < -0.4 is 10.3 Å². The fraction of sp³-hybridized carbons (Fsp3) is 0.136. The molecule has 10 heteroatoms. The Kier molecular flexibility index (Phi) is 5.21. The lowest BCUT2D eigenvalue weighted by Gasteiger charge is -2.09. The smallest absolute Gasteiger partial charge is 0.406 e. The van der Waals surface area contributed by atoms with Gasteiger partial charge < -0.3 is 14.3 Å². The number of rotatable bonds is 5. The van der Waals surface area contributed by atoms with Crippen LogP contribution in [0.5, 0.6) is 5.75 Å². The molecular weight excluding hydrogens is 427 g/mol. The van der Waals surface area contributed by atoms with E-state index in [-0.39, 0.29) is 23.5 Å². The monoisotopic (exact) mass is 443 g/mol. The Morgan fingerprint density at radius 1 is 1.09 bits per heavy atom. The first-order valence-corrected chi connectivity index (χ1v) is 9.43. The zero-order valence-corrected chi connectivity index (χ0v) is 16.6. The van der Waals surface area contributed by atoms with E-state index in [9.17, 15) is 28.1 Å². The van der Waals surface area contributed by atoms with Gasteiger partial charge in [0.25, 0.3) is 11.2 Å². The average Bonchev–Trinajstić information content (AvgIpc) is 3.04. The molecule has 0 spiro atoms. The largest absolute Gasteiger partial charge is 0.573 e. The fourth-order valence-electron chi connectivity index (χ4n) is 3.55. The zero-order valence-electron chi connectivity index (χ0n) is 16.6. The first-order valence-electron chi connectivity index (χ1n) is 9.43. The highest BCUT2D eigenvalue weighted by Crippen LogP contribution is 2.30. The minimum atomic E-state index is -4.77. The number of H-pyrrole nitrogens is 1. The molecule has 0 saturated heterocycles. The van der Waals surface area contributed by atoms with Gasteiger partial charge in [0.2, 0.25) is 0 Å². The second kappa shape index (κ2) is 7.88. The van der Waals surface area contributed by atoms with Gasteiger partial charge in [-0.05, 0) is 30.7 Å². The topological polar surface area (TPSA) is 90.2 Å². The van der Waals surface area contributed by atoms with Crippen LogP contribution in [-0.2, 0) is 6.54 Å². The van der Waals surface area contributed by atoms with Crippen molar-refractivity contribution in [3.05, 3.63) is 92.5 Å². The third-order valence-corrected chi connectivity index (χ3v) is 4.93. The Morgan fingerprint density at radius 3 is 2.47 bits per heavy atom. The van der Waals surface area contributed by atoms with E-state index in [0.717, 1.165) is 0 Å². The van der Waals surface area contributed by atoms with Crippen LogP contribution in [0.25, 0.3) is 22.4 Å². The van der Waals surface area contributed by atoms with E-state index in [1.165, 1.54) is 41.0 Å². The number of nitrogens with one attached hydrogen (secondary N) is 1. The van der Waals surface area contributed by atoms with E-state index in [1.807, 2.05) is 0 Å². The molecule has 0 aliphatic carbocycles. The van der Waals surface area contributed by atoms with Crippen molar-refractivity contribution in [3.63, 3.8) is 0 Å². The number of non-ortho nitro benzene ring substituents is 1. The third-order valence-electron chi connectivity index (χ3n) is 4.93. The number of nitro groups is 1. The number of halogens is 3. The molecule has 0 saturated carbocycles. The van der Waals surface area contributed by atoms with Crippen molar-refractivity contribution < 1.29 is 22.8 Å². The number of ether oxygens (including phenoxy) is 1. The Labute approximate surface area is 179 Å². The number of nitrogens with zero attached hydrogens (tertiary/aromatic N) is 2. The number of fused-ring (bicyclic) bond motifs is 1. The molecule has 164 valence electrons. The summed E-state index contributed by atoms with van der Waals surface area (Å²) in [6.07, 6.45) is -3.12. The molecule has 0 aromatic heterocycles. The van der Waals surface area contributed by atoms with Crippen molar-refractivity contribution >= 4 is 5.69 Å². The Hall–Kier alpha value is -4.08. The Morgan fingerprint density at radius 2 is 1.81 bits per heavy atom. The highest BCUT2D eigenvalue weighted by Gasteiger charge is 2.31. The quantitative estimate of drug-likeness (QED) is 0.343. The van der Waals surface area contributed by atoms with Crippen LogP contribution in [0.4, 0.5) is 18.9 Å². The molecule has 32 heavy (non-hydrogen) atoms. The number of hydrogen-bond donors (Lipinski definition) is 1. The van der Waals surface area contributed by atoms with Crippen molar-refractivity contribution in [1.82, 2.24) is 9.55 Å². The van der Waals surface area contributed by atoms with Gasteiger partial charge in [0.1, 0.15) is 5.75 Å². The van der Waals surface area contributed by atoms with Crippen molar-refractivity contribution in [2.75, 3.05) is 0 Å². The number of aryl methyl sites for hydroxylation is 1. The molecule has 7 nitrogen and oxygen atoms in total. The van der Waals surface area contributed by atoms with Gasteiger partial charge in [0, 0.05) is 40.8 Å². The van der Waals surface area contributed by atoms with Crippen LogP contribution in [-0.4, -0.2) is 20.8 Å². The summed E-state index contributed by atoms with van der Waals surface area (Å²) < 4.78 is 42.3. The van der Waals surface area contributed by atoms with Gasteiger partial charge in [-0.3, -0.25) is 14.9 Å². The van der Waals surface area contributed by atoms with Crippen molar-refractivity contribution in [2.24, 2.45) is 0 Å². The van der Waals surface area contributed by atoms with Crippen LogP contribution >= 0.6 is 0 Å². The molecule has 0 fully saturated rings. The summed E-state index contributed by atoms with van der Waals surface area (Å²) in [4.78, 5) is 26.6. The first-order chi connectivity index (χ1) is 15.1. The Balaban J connectivity index is 1.66. The number of benzene rings is 2. The summed E-state index contributed by atoms with van der Waals surface area (Å²) in [6.45, 7) is 1.89. The summed E-state index contributed by atoms with van der Waals surface area (Å²) in [5, 5.41) is 11.1. The number of aromatic nitrogens is 2. The van der Waals surface area contributed by atoms with E-state index >= 15 is 0 Å². The van der Waals surface area contributed by atoms with Gasteiger partial charge in [-0.2, -0.15) is 0 Å². The third kappa shape index (κ3) is 4.34. The van der Waals surface area contributed by atoms with E-state index in [2.05, 4.69) is 9.72 Å². The second-order valence-electron chi connectivity index (χ2n) is 7.20. The maximum atomic E-state index is 12.9. The van der Waals surface area contributed by atoms with Crippen LogP contribution in [0.3, 0.4) is 0 Å². The molecule has 0 radical (unpaired) electrons. The molecule has 2 aromatic carbocycles. The minimum Gasteiger partial charge on any atom is -0.406 e. The van der Waals surface area contributed by atoms with E-state index in [4.69, 9.17) is 0 Å². The van der Waals surface area contributed by atoms with E-state index in [0.29, 0.717) is 33.6 Å². The van der Waals surface area contributed by atoms with Crippen LogP contribution in [0, 0.1) is 17.0 Å². The summed E-state index contributed by atoms with van der Waals surface area (Å²) >= 11 is 0. The molecule has 4 rings (SSSR count). The SMILES string of the molecule is Cc1[nH]c(-c2cccc([N+](=O)[O-])c2)cc2cn(Cc3ccc(OC(F)(F)F)cc3)c(=O)c1-2. The van der Waals surface area contributed by atoms with Crippen LogP contribution in [0.1, 0.15) is 11.3 Å². The maximum Gasteiger partial charge on any atom is 0.573 e. The first kappa shape index (κ1) is 21.2. The number of pyridine rings is 1. The molecular formula is C22H16F3N3O4. The maximum absolute atomic E-state index is 12.9. The lowest BCUT2D eigenvalue weighted by atomic mass is 10.0. The van der Waals surface area contributed by atoms with Gasteiger partial charge in [-0.15, -0.1) is 13.2 Å².